The number of nitrogens with one attached hydrogen (secondary N) is 2. The van der Waals surface area contributed by atoms with Crippen LogP contribution < -0.4 is 10.6 Å². The Balaban J connectivity index is 1.73. The fourth-order valence-electron chi connectivity index (χ4n) is 2.48. The van der Waals surface area contributed by atoms with Crippen molar-refractivity contribution in [1.82, 2.24) is 0 Å². The predicted octanol–water partition coefficient (Wildman–Crippen LogP) is 5.50. The van der Waals surface area contributed by atoms with Crippen LogP contribution in [0.3, 0.4) is 0 Å². The number of hydrogen-bond donors (Lipinski definition) is 2. The molecule has 2 aromatic rings. The zero-order valence-corrected chi connectivity index (χ0v) is 15.8. The van der Waals surface area contributed by atoms with Crippen LogP contribution in [0.25, 0.3) is 0 Å². The average Bonchev–Trinajstić information content (AvgIpc) is 2.62. The van der Waals surface area contributed by atoms with E-state index < -0.39 is 9.85 Å². The summed E-state index contributed by atoms with van der Waals surface area (Å²) in [6.07, 6.45) is 2.44. The minimum Gasteiger partial charge on any atom is -0.379 e. The molecule has 2 N–H and O–H groups in total. The Hall–Kier alpha value is -2.58. The lowest BCUT2D eigenvalue weighted by atomic mass is 10.2. The van der Waals surface area contributed by atoms with E-state index in [9.17, 15) is 20.2 Å². The van der Waals surface area contributed by atoms with E-state index in [0.29, 0.717) is 34.5 Å². The first-order chi connectivity index (χ1) is 12.9. The number of benzene rings is 2. The standard InChI is InChI=1S/C17H18Cl2N4O4/c18-12-4-6-14(16(10-12)22(24)25)20-8-2-1-3-9-21-15-7-5-13(19)11-17(15)23(26)27/h4-7,10-11,20-21H,1-3,8-9H2. The topological polar surface area (TPSA) is 110 Å². The fraction of sp³-hybridized carbons (Fsp3) is 0.294. The Labute approximate surface area is 165 Å². The van der Waals surface area contributed by atoms with Crippen LogP contribution in [-0.2, 0) is 0 Å². The molecule has 0 aliphatic rings. The van der Waals surface area contributed by atoms with Crippen LogP contribution in [-0.4, -0.2) is 22.9 Å². The normalized spacial score (nSPS) is 10.4. The summed E-state index contributed by atoms with van der Waals surface area (Å²) < 4.78 is 0. The van der Waals surface area contributed by atoms with Gasteiger partial charge in [-0.1, -0.05) is 23.2 Å². The van der Waals surface area contributed by atoms with Gasteiger partial charge < -0.3 is 10.6 Å². The molecule has 10 heteroatoms. The number of nitro groups is 2. The molecule has 0 aromatic heterocycles. The van der Waals surface area contributed by atoms with Gasteiger partial charge in [-0.05, 0) is 43.5 Å². The molecule has 0 saturated heterocycles. The quantitative estimate of drug-likeness (QED) is 0.302. The summed E-state index contributed by atoms with van der Waals surface area (Å²) in [5.41, 5.74) is 0.747. The van der Waals surface area contributed by atoms with Gasteiger partial charge in [-0.2, -0.15) is 0 Å². The fourth-order valence-corrected chi connectivity index (χ4v) is 2.82. The van der Waals surface area contributed by atoms with Gasteiger partial charge in [0.2, 0.25) is 0 Å². The van der Waals surface area contributed by atoms with E-state index in [0.717, 1.165) is 19.3 Å². The largest absolute Gasteiger partial charge is 0.379 e. The van der Waals surface area contributed by atoms with Crippen molar-refractivity contribution in [3.05, 3.63) is 66.7 Å². The molecule has 0 unspecified atom stereocenters. The molecule has 0 radical (unpaired) electrons. The zero-order valence-electron chi connectivity index (χ0n) is 14.3. The van der Waals surface area contributed by atoms with Crippen molar-refractivity contribution < 1.29 is 9.85 Å². The monoisotopic (exact) mass is 412 g/mol. The van der Waals surface area contributed by atoms with Gasteiger partial charge >= 0.3 is 0 Å². The molecule has 0 atom stereocenters. The second-order valence-corrected chi connectivity index (χ2v) is 6.62. The van der Waals surface area contributed by atoms with Crippen molar-refractivity contribution >= 4 is 46.0 Å². The Morgan fingerprint density at radius 3 is 1.52 bits per heavy atom. The Morgan fingerprint density at radius 1 is 0.741 bits per heavy atom. The van der Waals surface area contributed by atoms with Crippen LogP contribution in [0.4, 0.5) is 22.7 Å². The second kappa shape index (κ2) is 9.94. The van der Waals surface area contributed by atoms with E-state index in [1.807, 2.05) is 0 Å². The molecule has 0 aliphatic carbocycles. The molecule has 0 bridgehead atoms. The lowest BCUT2D eigenvalue weighted by molar-refractivity contribution is -0.384. The van der Waals surface area contributed by atoms with Crippen molar-refractivity contribution in [1.29, 1.82) is 0 Å². The maximum atomic E-state index is 11.0. The van der Waals surface area contributed by atoms with Gasteiger partial charge in [0.15, 0.2) is 0 Å². The maximum absolute atomic E-state index is 11.0. The van der Waals surface area contributed by atoms with E-state index in [-0.39, 0.29) is 11.4 Å². The summed E-state index contributed by atoms with van der Waals surface area (Å²) in [5.74, 6) is 0. The number of nitro benzene ring substituents is 2. The SMILES string of the molecule is O=[N+]([O-])c1cc(Cl)ccc1NCCCCCNc1ccc(Cl)cc1[N+](=O)[O-]. The Bertz CT molecular complexity index is 765. The molecule has 2 rings (SSSR count). The van der Waals surface area contributed by atoms with E-state index in [2.05, 4.69) is 10.6 Å². The van der Waals surface area contributed by atoms with E-state index in [1.54, 1.807) is 24.3 Å². The first kappa shape index (κ1) is 20.7. The van der Waals surface area contributed by atoms with Crippen LogP contribution in [0.15, 0.2) is 36.4 Å². The summed E-state index contributed by atoms with van der Waals surface area (Å²) in [7, 11) is 0. The molecule has 0 fully saturated rings. The maximum Gasteiger partial charge on any atom is 0.293 e. The van der Waals surface area contributed by atoms with Crippen LogP contribution in [0, 0.1) is 20.2 Å². The highest BCUT2D eigenvalue weighted by molar-refractivity contribution is 6.31. The third-order valence-electron chi connectivity index (χ3n) is 3.80. The molecule has 0 aliphatic heterocycles. The Morgan fingerprint density at radius 2 is 1.15 bits per heavy atom. The number of halogens is 2. The molecule has 2 aromatic carbocycles. The van der Waals surface area contributed by atoms with Crippen molar-refractivity contribution in [3.63, 3.8) is 0 Å². The second-order valence-electron chi connectivity index (χ2n) is 5.75. The van der Waals surface area contributed by atoms with Crippen LogP contribution in [0.5, 0.6) is 0 Å². The first-order valence-electron chi connectivity index (χ1n) is 8.24. The van der Waals surface area contributed by atoms with E-state index in [1.165, 1.54) is 12.1 Å². The van der Waals surface area contributed by atoms with Crippen molar-refractivity contribution in [2.75, 3.05) is 23.7 Å². The Kier molecular flexibility index (Phi) is 7.63. The summed E-state index contributed by atoms with van der Waals surface area (Å²) >= 11 is 11.6. The highest BCUT2D eigenvalue weighted by Crippen LogP contribution is 2.28. The average molecular weight is 413 g/mol. The van der Waals surface area contributed by atoms with E-state index >= 15 is 0 Å². The minimum atomic E-state index is -0.475. The molecule has 0 spiro atoms. The third-order valence-corrected chi connectivity index (χ3v) is 4.27. The first-order valence-corrected chi connectivity index (χ1v) is 8.99. The molecule has 144 valence electrons. The highest BCUT2D eigenvalue weighted by atomic mass is 35.5. The molecule has 8 nitrogen and oxygen atoms in total. The third kappa shape index (κ3) is 6.26. The number of unbranched alkanes of at least 4 members (excludes halogenated alkanes) is 2. The number of nitrogens with zero attached hydrogens (tertiary/aromatic N) is 2. The summed E-state index contributed by atoms with van der Waals surface area (Å²) in [6, 6.07) is 8.99. The van der Waals surface area contributed by atoms with Gasteiger partial charge in [0.05, 0.1) is 9.85 Å². The summed E-state index contributed by atoms with van der Waals surface area (Å²) in [6.45, 7) is 1.15. The molecular weight excluding hydrogens is 395 g/mol. The zero-order chi connectivity index (χ0) is 19.8. The summed E-state index contributed by atoms with van der Waals surface area (Å²) in [5, 5.41) is 28.7. The van der Waals surface area contributed by atoms with Crippen LogP contribution >= 0.6 is 23.2 Å². The highest BCUT2D eigenvalue weighted by Gasteiger charge is 2.14. The van der Waals surface area contributed by atoms with Crippen molar-refractivity contribution in [2.45, 2.75) is 19.3 Å². The van der Waals surface area contributed by atoms with E-state index in [4.69, 9.17) is 23.2 Å². The smallest absolute Gasteiger partial charge is 0.293 e. The lowest BCUT2D eigenvalue weighted by Crippen LogP contribution is -2.07. The van der Waals surface area contributed by atoms with Crippen LogP contribution in [0.1, 0.15) is 19.3 Å². The minimum absolute atomic E-state index is 0.0563. The molecule has 0 amide bonds. The van der Waals surface area contributed by atoms with Gasteiger partial charge in [0.1, 0.15) is 11.4 Å². The van der Waals surface area contributed by atoms with Crippen LogP contribution in [0.2, 0.25) is 10.0 Å². The van der Waals surface area contributed by atoms with Crippen molar-refractivity contribution in [2.24, 2.45) is 0 Å². The van der Waals surface area contributed by atoms with Gasteiger partial charge in [-0.15, -0.1) is 0 Å². The van der Waals surface area contributed by atoms with Gasteiger partial charge in [-0.3, -0.25) is 20.2 Å². The van der Waals surface area contributed by atoms with Gasteiger partial charge in [0, 0.05) is 35.3 Å². The molecule has 0 heterocycles. The summed E-state index contributed by atoms with van der Waals surface area (Å²) in [4.78, 5) is 21.1. The predicted molar refractivity (Wildman–Crippen MR) is 107 cm³/mol. The lowest BCUT2D eigenvalue weighted by Gasteiger charge is -2.09. The van der Waals surface area contributed by atoms with Gasteiger partial charge in [-0.25, -0.2) is 0 Å². The number of hydrogen-bond acceptors (Lipinski definition) is 6. The number of anilines is 2. The van der Waals surface area contributed by atoms with Gasteiger partial charge in [0.25, 0.3) is 11.4 Å². The number of rotatable bonds is 10. The molecule has 27 heavy (non-hydrogen) atoms. The molecule has 0 saturated carbocycles. The van der Waals surface area contributed by atoms with Crippen molar-refractivity contribution in [3.8, 4) is 0 Å². The molecular formula is C17H18Cl2N4O4.